The van der Waals surface area contributed by atoms with E-state index in [1.807, 2.05) is 30.3 Å². The van der Waals surface area contributed by atoms with Crippen molar-refractivity contribution >= 4 is 12.0 Å². The first kappa shape index (κ1) is 15.8. The van der Waals surface area contributed by atoms with Crippen molar-refractivity contribution < 1.29 is 19.4 Å². The van der Waals surface area contributed by atoms with Crippen LogP contribution in [0.5, 0.6) is 0 Å². The predicted molar refractivity (Wildman–Crippen MR) is 83.7 cm³/mol. The summed E-state index contributed by atoms with van der Waals surface area (Å²) in [6.45, 7) is 0.825. The van der Waals surface area contributed by atoms with E-state index in [-0.39, 0.29) is 30.5 Å². The first-order valence-electron chi connectivity index (χ1n) is 8.05. The largest absolute Gasteiger partial charge is 0.448 e. The summed E-state index contributed by atoms with van der Waals surface area (Å²) in [5.41, 5.74) is 1.15. The number of hydrogen-bond donors (Lipinski definition) is 2. The van der Waals surface area contributed by atoms with Gasteiger partial charge in [0.1, 0.15) is 13.2 Å². The lowest BCUT2D eigenvalue weighted by molar-refractivity contribution is -0.123. The summed E-state index contributed by atoms with van der Waals surface area (Å²) < 4.78 is 4.83. The van der Waals surface area contributed by atoms with Gasteiger partial charge in [-0.3, -0.25) is 9.69 Å². The Morgan fingerprint density at radius 2 is 2.09 bits per heavy atom. The molecular weight excluding hydrogens is 296 g/mol. The van der Waals surface area contributed by atoms with E-state index in [2.05, 4.69) is 5.32 Å². The van der Waals surface area contributed by atoms with Crippen molar-refractivity contribution in [3.8, 4) is 0 Å². The zero-order valence-corrected chi connectivity index (χ0v) is 13.0. The van der Waals surface area contributed by atoms with Crippen LogP contribution in [0.25, 0.3) is 0 Å². The van der Waals surface area contributed by atoms with Crippen LogP contribution in [0.2, 0.25) is 0 Å². The zero-order valence-electron chi connectivity index (χ0n) is 13.0. The molecule has 1 saturated heterocycles. The third-order valence-electron chi connectivity index (χ3n) is 4.54. The number of nitrogens with zero attached hydrogens (tertiary/aromatic N) is 1. The van der Waals surface area contributed by atoms with Crippen LogP contribution in [-0.4, -0.2) is 53.8 Å². The van der Waals surface area contributed by atoms with Crippen molar-refractivity contribution in [3.05, 3.63) is 35.9 Å². The van der Waals surface area contributed by atoms with E-state index in [1.165, 1.54) is 4.90 Å². The van der Waals surface area contributed by atoms with Crippen molar-refractivity contribution in [2.24, 2.45) is 5.92 Å². The minimum Gasteiger partial charge on any atom is -0.448 e. The second kappa shape index (κ2) is 7.00. The number of ether oxygens (including phenoxy) is 1. The standard InChI is InChI=1S/C17H22N2O4/c20-14-9-13(10-14)15(8-12-4-2-1-3-5-12)18-16(21)11-19-6-7-23-17(19)22/h1-5,13-15,20H,6-11H2,(H,18,21)/t13?,14?,15-/m1/s1. The number of aliphatic hydroxyl groups excluding tert-OH is 1. The fourth-order valence-electron chi connectivity index (χ4n) is 3.16. The monoisotopic (exact) mass is 318 g/mol. The minimum atomic E-state index is -0.432. The van der Waals surface area contributed by atoms with E-state index < -0.39 is 6.09 Å². The van der Waals surface area contributed by atoms with Crippen molar-refractivity contribution in [1.29, 1.82) is 0 Å². The molecule has 1 heterocycles. The van der Waals surface area contributed by atoms with Gasteiger partial charge in [0.15, 0.2) is 0 Å². The van der Waals surface area contributed by atoms with Crippen LogP contribution >= 0.6 is 0 Å². The number of cyclic esters (lactones) is 1. The molecule has 1 atom stereocenters. The van der Waals surface area contributed by atoms with Crippen molar-refractivity contribution in [3.63, 3.8) is 0 Å². The Labute approximate surface area is 135 Å². The van der Waals surface area contributed by atoms with Crippen molar-refractivity contribution in [2.75, 3.05) is 19.7 Å². The highest BCUT2D eigenvalue weighted by molar-refractivity contribution is 5.83. The molecule has 6 nitrogen and oxygen atoms in total. The van der Waals surface area contributed by atoms with E-state index in [0.717, 1.165) is 12.0 Å². The summed E-state index contributed by atoms with van der Waals surface area (Å²) in [5, 5.41) is 12.6. The minimum absolute atomic E-state index is 0.0214. The highest BCUT2D eigenvalue weighted by Gasteiger charge is 2.35. The van der Waals surface area contributed by atoms with Crippen LogP contribution in [0, 0.1) is 5.92 Å². The van der Waals surface area contributed by atoms with Gasteiger partial charge in [0.2, 0.25) is 5.91 Å². The fourth-order valence-corrected chi connectivity index (χ4v) is 3.16. The van der Waals surface area contributed by atoms with Crippen LogP contribution in [-0.2, 0) is 16.0 Å². The summed E-state index contributed by atoms with van der Waals surface area (Å²) in [6, 6.07) is 9.96. The predicted octanol–water partition coefficient (Wildman–Crippen LogP) is 0.937. The van der Waals surface area contributed by atoms with Crippen LogP contribution in [0.3, 0.4) is 0 Å². The maximum absolute atomic E-state index is 12.2. The molecule has 1 aromatic carbocycles. The molecule has 0 bridgehead atoms. The number of carbonyl (C=O) groups is 2. The number of carbonyl (C=O) groups excluding carboxylic acids is 2. The number of nitrogens with one attached hydrogen (secondary N) is 1. The molecule has 6 heteroatoms. The molecule has 124 valence electrons. The number of amides is 2. The van der Waals surface area contributed by atoms with Crippen LogP contribution in [0.1, 0.15) is 18.4 Å². The SMILES string of the molecule is O=C(CN1CCOC1=O)N[C@H](Cc1ccccc1)C1CC(O)C1. The Morgan fingerprint density at radius 3 is 2.70 bits per heavy atom. The summed E-state index contributed by atoms with van der Waals surface area (Å²) in [5.74, 6) is 0.103. The van der Waals surface area contributed by atoms with E-state index >= 15 is 0 Å². The molecule has 0 unspecified atom stereocenters. The fraction of sp³-hybridized carbons (Fsp3) is 0.529. The highest BCUT2D eigenvalue weighted by Crippen LogP contribution is 2.31. The van der Waals surface area contributed by atoms with Gasteiger partial charge in [-0.1, -0.05) is 30.3 Å². The van der Waals surface area contributed by atoms with Crippen LogP contribution in [0.4, 0.5) is 4.79 Å². The Morgan fingerprint density at radius 1 is 1.35 bits per heavy atom. The maximum Gasteiger partial charge on any atom is 0.410 e. The zero-order chi connectivity index (χ0) is 16.2. The van der Waals surface area contributed by atoms with Crippen LogP contribution in [0.15, 0.2) is 30.3 Å². The van der Waals surface area contributed by atoms with E-state index in [9.17, 15) is 14.7 Å². The molecule has 2 fully saturated rings. The van der Waals surface area contributed by atoms with Gasteiger partial charge in [0.25, 0.3) is 0 Å². The Bertz CT molecular complexity index is 557. The van der Waals surface area contributed by atoms with Gasteiger partial charge in [-0.15, -0.1) is 0 Å². The Kier molecular flexibility index (Phi) is 4.81. The number of rotatable bonds is 6. The first-order valence-corrected chi connectivity index (χ1v) is 8.05. The molecule has 0 radical (unpaired) electrons. The number of hydrogen-bond acceptors (Lipinski definition) is 4. The molecule has 1 saturated carbocycles. The van der Waals surface area contributed by atoms with Gasteiger partial charge < -0.3 is 15.2 Å². The van der Waals surface area contributed by atoms with E-state index in [4.69, 9.17) is 4.74 Å². The summed E-state index contributed by atoms with van der Waals surface area (Å²) in [7, 11) is 0. The van der Waals surface area contributed by atoms with Gasteiger partial charge in [0.05, 0.1) is 12.6 Å². The van der Waals surface area contributed by atoms with Gasteiger partial charge in [-0.25, -0.2) is 4.79 Å². The van der Waals surface area contributed by atoms with Crippen LogP contribution < -0.4 is 5.32 Å². The first-order chi connectivity index (χ1) is 11.1. The smallest absolute Gasteiger partial charge is 0.410 e. The van der Waals surface area contributed by atoms with Crippen molar-refractivity contribution in [2.45, 2.75) is 31.4 Å². The lowest BCUT2D eigenvalue weighted by Crippen LogP contribution is -2.50. The molecule has 1 aromatic rings. The average molecular weight is 318 g/mol. The summed E-state index contributed by atoms with van der Waals surface area (Å²) in [4.78, 5) is 25.1. The second-order valence-corrected chi connectivity index (χ2v) is 6.28. The molecule has 0 aromatic heterocycles. The number of aliphatic hydroxyl groups is 1. The van der Waals surface area contributed by atoms with Gasteiger partial charge in [0, 0.05) is 6.04 Å². The molecule has 2 N–H and O–H groups in total. The lowest BCUT2D eigenvalue weighted by Gasteiger charge is -2.38. The maximum atomic E-state index is 12.2. The third kappa shape index (κ3) is 4.01. The second-order valence-electron chi connectivity index (χ2n) is 6.28. The summed E-state index contributed by atoms with van der Waals surface area (Å²) in [6.07, 6.45) is 1.46. The molecular formula is C17H22N2O4. The third-order valence-corrected chi connectivity index (χ3v) is 4.54. The van der Waals surface area contributed by atoms with Crippen molar-refractivity contribution in [1.82, 2.24) is 10.2 Å². The molecule has 2 amide bonds. The van der Waals surface area contributed by atoms with E-state index in [0.29, 0.717) is 26.0 Å². The molecule has 1 aliphatic heterocycles. The molecule has 1 aliphatic carbocycles. The molecule has 23 heavy (non-hydrogen) atoms. The van der Waals surface area contributed by atoms with Gasteiger partial charge in [-0.2, -0.15) is 0 Å². The Hall–Kier alpha value is -2.08. The van der Waals surface area contributed by atoms with Gasteiger partial charge in [-0.05, 0) is 30.7 Å². The van der Waals surface area contributed by atoms with Gasteiger partial charge >= 0.3 is 6.09 Å². The topological polar surface area (TPSA) is 78.9 Å². The molecule has 0 spiro atoms. The molecule has 2 aliphatic rings. The van der Waals surface area contributed by atoms with E-state index in [1.54, 1.807) is 0 Å². The quantitative estimate of drug-likeness (QED) is 0.818. The number of benzene rings is 1. The molecule has 3 rings (SSSR count). The summed E-state index contributed by atoms with van der Waals surface area (Å²) >= 11 is 0. The Balaban J connectivity index is 1.59. The normalized spacial score (nSPS) is 24.7. The average Bonchev–Trinajstić information content (AvgIpc) is 2.89. The highest BCUT2D eigenvalue weighted by atomic mass is 16.6. The lowest BCUT2D eigenvalue weighted by atomic mass is 9.75.